The van der Waals surface area contributed by atoms with Crippen molar-refractivity contribution in [3.05, 3.63) is 41.2 Å². The van der Waals surface area contributed by atoms with Crippen molar-refractivity contribution in [2.75, 3.05) is 0 Å². The summed E-state index contributed by atoms with van der Waals surface area (Å²) in [7, 11) is 0. The van der Waals surface area contributed by atoms with E-state index in [0.29, 0.717) is 10.7 Å². The van der Waals surface area contributed by atoms with Crippen molar-refractivity contribution in [3.8, 4) is 5.69 Å². The van der Waals surface area contributed by atoms with Gasteiger partial charge in [0, 0.05) is 11.1 Å². The number of hydrogen-bond acceptors (Lipinski definition) is 3. The first-order valence-corrected chi connectivity index (χ1v) is 7.39. The van der Waals surface area contributed by atoms with Crippen molar-refractivity contribution in [2.24, 2.45) is 5.41 Å². The standard InChI is InChI=1S/C15H17ClN4O/c1-3-15(2)8-13(15)18-14(21)12-9-17-20(19-12)11-6-4-10(16)5-7-11/h4-7,9,13H,3,8H2,1-2H3,(H,18,21). The highest BCUT2D eigenvalue weighted by molar-refractivity contribution is 6.30. The number of benzene rings is 1. The van der Waals surface area contributed by atoms with Crippen molar-refractivity contribution in [2.45, 2.75) is 32.7 Å². The summed E-state index contributed by atoms with van der Waals surface area (Å²) in [6, 6.07) is 7.38. The SMILES string of the molecule is CCC1(C)CC1NC(=O)c1cnn(-c2ccc(Cl)cc2)n1. The molecule has 0 saturated heterocycles. The van der Waals surface area contributed by atoms with Crippen LogP contribution in [0.5, 0.6) is 0 Å². The van der Waals surface area contributed by atoms with Crippen molar-refractivity contribution in [1.82, 2.24) is 20.3 Å². The molecule has 2 unspecified atom stereocenters. The smallest absolute Gasteiger partial charge is 0.273 e. The second kappa shape index (κ2) is 5.15. The van der Waals surface area contributed by atoms with Crippen molar-refractivity contribution in [1.29, 1.82) is 0 Å². The molecule has 1 aliphatic carbocycles. The molecular formula is C15H17ClN4O. The van der Waals surface area contributed by atoms with Gasteiger partial charge in [0.15, 0.2) is 5.69 Å². The van der Waals surface area contributed by atoms with Crippen LogP contribution in [0.25, 0.3) is 5.69 Å². The Morgan fingerprint density at radius 3 is 2.81 bits per heavy atom. The molecule has 0 spiro atoms. The maximum Gasteiger partial charge on any atom is 0.273 e. The molecule has 1 aromatic carbocycles. The summed E-state index contributed by atoms with van der Waals surface area (Å²) in [6.45, 7) is 4.32. The molecule has 1 N–H and O–H groups in total. The van der Waals surface area contributed by atoms with Gasteiger partial charge in [0.05, 0.1) is 11.9 Å². The van der Waals surface area contributed by atoms with E-state index in [9.17, 15) is 4.79 Å². The monoisotopic (exact) mass is 304 g/mol. The highest BCUT2D eigenvalue weighted by atomic mass is 35.5. The molecule has 21 heavy (non-hydrogen) atoms. The molecule has 0 bridgehead atoms. The van der Waals surface area contributed by atoms with E-state index in [0.717, 1.165) is 18.5 Å². The van der Waals surface area contributed by atoms with Gasteiger partial charge < -0.3 is 5.32 Å². The fourth-order valence-corrected chi connectivity index (χ4v) is 2.45. The molecule has 0 radical (unpaired) electrons. The Kier molecular flexibility index (Phi) is 3.45. The van der Waals surface area contributed by atoms with Crippen LogP contribution >= 0.6 is 11.6 Å². The molecule has 110 valence electrons. The Balaban J connectivity index is 1.70. The van der Waals surface area contributed by atoms with Gasteiger partial charge in [-0.25, -0.2) is 0 Å². The maximum atomic E-state index is 12.1. The average molecular weight is 305 g/mol. The Morgan fingerprint density at radius 2 is 2.19 bits per heavy atom. The molecule has 1 heterocycles. The first-order valence-electron chi connectivity index (χ1n) is 7.01. The van der Waals surface area contributed by atoms with E-state index in [1.54, 1.807) is 24.3 Å². The van der Waals surface area contributed by atoms with Gasteiger partial charge in [-0.3, -0.25) is 4.79 Å². The highest BCUT2D eigenvalue weighted by Gasteiger charge is 2.49. The van der Waals surface area contributed by atoms with E-state index in [2.05, 4.69) is 29.4 Å². The zero-order chi connectivity index (χ0) is 15.0. The lowest BCUT2D eigenvalue weighted by Gasteiger charge is -2.07. The molecule has 2 atom stereocenters. The van der Waals surface area contributed by atoms with E-state index < -0.39 is 0 Å². The zero-order valence-electron chi connectivity index (χ0n) is 12.0. The van der Waals surface area contributed by atoms with Gasteiger partial charge >= 0.3 is 0 Å². The van der Waals surface area contributed by atoms with Crippen LogP contribution in [0.1, 0.15) is 37.2 Å². The van der Waals surface area contributed by atoms with E-state index in [4.69, 9.17) is 11.6 Å². The van der Waals surface area contributed by atoms with Crippen LogP contribution in [0.15, 0.2) is 30.5 Å². The lowest BCUT2D eigenvalue weighted by Crippen LogP contribution is -2.29. The van der Waals surface area contributed by atoms with Gasteiger partial charge in [0.2, 0.25) is 0 Å². The molecule has 1 amide bonds. The van der Waals surface area contributed by atoms with Crippen molar-refractivity contribution >= 4 is 17.5 Å². The van der Waals surface area contributed by atoms with Crippen LogP contribution in [0.3, 0.4) is 0 Å². The lowest BCUT2D eigenvalue weighted by atomic mass is 10.1. The molecule has 5 nitrogen and oxygen atoms in total. The number of hydrogen-bond donors (Lipinski definition) is 1. The highest BCUT2D eigenvalue weighted by Crippen LogP contribution is 2.48. The largest absolute Gasteiger partial charge is 0.347 e. The number of nitrogens with one attached hydrogen (secondary N) is 1. The third kappa shape index (κ3) is 2.78. The third-order valence-electron chi connectivity index (χ3n) is 4.25. The van der Waals surface area contributed by atoms with Crippen LogP contribution in [-0.2, 0) is 0 Å². The minimum Gasteiger partial charge on any atom is -0.347 e. The molecule has 3 rings (SSSR count). The molecule has 2 aromatic rings. The Bertz CT molecular complexity index is 667. The van der Waals surface area contributed by atoms with Crippen LogP contribution in [0.4, 0.5) is 0 Å². The summed E-state index contributed by atoms with van der Waals surface area (Å²) in [5.41, 5.74) is 1.33. The van der Waals surface area contributed by atoms with Gasteiger partial charge in [-0.05, 0) is 42.5 Å². The second-order valence-electron chi connectivity index (χ2n) is 5.73. The predicted octanol–water partition coefficient (Wildman–Crippen LogP) is 2.84. The van der Waals surface area contributed by atoms with Crippen LogP contribution in [-0.4, -0.2) is 26.9 Å². The lowest BCUT2D eigenvalue weighted by molar-refractivity contribution is 0.0940. The quantitative estimate of drug-likeness (QED) is 0.945. The number of amides is 1. The summed E-state index contributed by atoms with van der Waals surface area (Å²) >= 11 is 5.85. The molecule has 1 aliphatic rings. The average Bonchev–Trinajstić information content (AvgIpc) is 2.91. The summed E-state index contributed by atoms with van der Waals surface area (Å²) in [6.07, 6.45) is 3.57. The van der Waals surface area contributed by atoms with Gasteiger partial charge in [-0.1, -0.05) is 25.4 Å². The molecule has 1 saturated carbocycles. The molecular weight excluding hydrogens is 288 g/mol. The number of halogens is 1. The van der Waals surface area contributed by atoms with Gasteiger partial charge in [-0.15, -0.1) is 5.10 Å². The Hall–Kier alpha value is -1.88. The van der Waals surface area contributed by atoms with Gasteiger partial charge in [-0.2, -0.15) is 9.90 Å². The summed E-state index contributed by atoms with van der Waals surface area (Å²) in [5, 5.41) is 12.0. The van der Waals surface area contributed by atoms with E-state index >= 15 is 0 Å². The fourth-order valence-electron chi connectivity index (χ4n) is 2.32. The Morgan fingerprint density at radius 1 is 1.48 bits per heavy atom. The normalized spacial score (nSPS) is 23.9. The Labute approximate surface area is 128 Å². The first kappa shape index (κ1) is 14.1. The number of carbonyl (C=O) groups is 1. The maximum absolute atomic E-state index is 12.1. The summed E-state index contributed by atoms with van der Waals surface area (Å²) in [4.78, 5) is 13.6. The van der Waals surface area contributed by atoms with E-state index in [1.165, 1.54) is 11.0 Å². The second-order valence-corrected chi connectivity index (χ2v) is 6.17. The van der Waals surface area contributed by atoms with Crippen molar-refractivity contribution in [3.63, 3.8) is 0 Å². The molecule has 0 aliphatic heterocycles. The minimum absolute atomic E-state index is 0.169. The zero-order valence-corrected chi connectivity index (χ0v) is 12.8. The van der Waals surface area contributed by atoms with E-state index in [-0.39, 0.29) is 17.4 Å². The van der Waals surface area contributed by atoms with Gasteiger partial charge in [0.25, 0.3) is 5.91 Å². The minimum atomic E-state index is -0.169. The number of carbonyl (C=O) groups excluding carboxylic acids is 1. The number of rotatable bonds is 4. The summed E-state index contributed by atoms with van der Waals surface area (Å²) in [5.74, 6) is -0.169. The molecule has 6 heteroatoms. The van der Waals surface area contributed by atoms with Crippen LogP contribution < -0.4 is 5.32 Å². The molecule has 1 aromatic heterocycles. The van der Waals surface area contributed by atoms with E-state index in [1.807, 2.05) is 0 Å². The van der Waals surface area contributed by atoms with Crippen LogP contribution in [0, 0.1) is 5.41 Å². The number of aromatic nitrogens is 3. The number of nitrogens with zero attached hydrogens (tertiary/aromatic N) is 3. The van der Waals surface area contributed by atoms with Gasteiger partial charge in [0.1, 0.15) is 0 Å². The van der Waals surface area contributed by atoms with Crippen LogP contribution in [0.2, 0.25) is 5.02 Å². The third-order valence-corrected chi connectivity index (χ3v) is 4.50. The summed E-state index contributed by atoms with van der Waals surface area (Å²) < 4.78 is 0. The fraction of sp³-hybridized carbons (Fsp3) is 0.400. The molecule has 1 fully saturated rings. The predicted molar refractivity (Wildman–Crippen MR) is 80.6 cm³/mol. The first-order chi connectivity index (χ1) is 10.0. The van der Waals surface area contributed by atoms with Crippen molar-refractivity contribution < 1.29 is 4.79 Å². The topological polar surface area (TPSA) is 59.8 Å².